The molecule has 1 aromatic heterocycles. The molecule has 25 heavy (non-hydrogen) atoms. The van der Waals surface area contributed by atoms with Crippen molar-refractivity contribution in [1.29, 1.82) is 0 Å². The molecule has 2 nitrogen and oxygen atoms in total. The Morgan fingerprint density at radius 3 is 2.36 bits per heavy atom. The summed E-state index contributed by atoms with van der Waals surface area (Å²) >= 11 is 3.54. The minimum absolute atomic E-state index is 0. The van der Waals surface area contributed by atoms with Gasteiger partial charge in [0.05, 0.1) is 6.54 Å². The summed E-state index contributed by atoms with van der Waals surface area (Å²) in [5, 5.41) is 0. The third kappa shape index (κ3) is 3.75. The number of hydrogen-bond acceptors (Lipinski definition) is 0. The monoisotopic (exact) mass is 460 g/mol. The molecular formula is C21H22Br2N2. The van der Waals surface area contributed by atoms with E-state index in [1.54, 1.807) is 0 Å². The number of rotatable bonds is 2. The number of aryl methyl sites for hydroxylation is 1. The van der Waals surface area contributed by atoms with Crippen molar-refractivity contribution >= 4 is 15.9 Å². The third-order valence-electron chi connectivity index (χ3n) is 4.87. The first kappa shape index (κ1) is 18.4. The average molecular weight is 462 g/mol. The Kier molecular flexibility index (Phi) is 5.80. The second-order valence-corrected chi connectivity index (χ2v) is 7.52. The lowest BCUT2D eigenvalue weighted by atomic mass is 10.1. The first-order valence-corrected chi connectivity index (χ1v) is 9.49. The molecule has 0 amide bonds. The topological polar surface area (TPSA) is 8.81 Å². The quantitative estimate of drug-likeness (QED) is 0.517. The van der Waals surface area contributed by atoms with Crippen molar-refractivity contribution in [2.45, 2.75) is 39.2 Å². The molecular weight excluding hydrogens is 440 g/mol. The molecule has 0 saturated heterocycles. The van der Waals surface area contributed by atoms with Gasteiger partial charge in [-0.15, -0.1) is 0 Å². The Morgan fingerprint density at radius 1 is 0.920 bits per heavy atom. The minimum atomic E-state index is 0. The van der Waals surface area contributed by atoms with E-state index in [9.17, 15) is 0 Å². The van der Waals surface area contributed by atoms with Crippen molar-refractivity contribution in [1.82, 2.24) is 4.57 Å². The second-order valence-electron chi connectivity index (χ2n) is 6.61. The van der Waals surface area contributed by atoms with Gasteiger partial charge in [0.25, 0.3) is 5.82 Å². The number of hydrogen-bond donors (Lipinski definition) is 0. The van der Waals surface area contributed by atoms with Gasteiger partial charge in [0.15, 0.2) is 5.69 Å². The first-order chi connectivity index (χ1) is 11.7. The zero-order valence-electron chi connectivity index (χ0n) is 14.4. The lowest BCUT2D eigenvalue weighted by Crippen LogP contribution is -3.00. The van der Waals surface area contributed by atoms with Gasteiger partial charge in [0.1, 0.15) is 11.9 Å². The number of imidazole rings is 1. The van der Waals surface area contributed by atoms with Crippen molar-refractivity contribution < 1.29 is 21.5 Å². The summed E-state index contributed by atoms with van der Waals surface area (Å²) in [5.74, 6) is 1.42. The van der Waals surface area contributed by atoms with Gasteiger partial charge in [-0.2, -0.15) is 4.57 Å². The summed E-state index contributed by atoms with van der Waals surface area (Å²) in [5.41, 5.74) is 5.18. The second kappa shape index (κ2) is 7.88. The molecule has 0 radical (unpaired) electrons. The third-order valence-corrected chi connectivity index (χ3v) is 5.39. The van der Waals surface area contributed by atoms with Crippen LogP contribution in [0.2, 0.25) is 0 Å². The van der Waals surface area contributed by atoms with Crippen molar-refractivity contribution in [3.63, 3.8) is 0 Å². The molecule has 0 bridgehead atoms. The van der Waals surface area contributed by atoms with Crippen LogP contribution in [0.25, 0.3) is 16.9 Å². The van der Waals surface area contributed by atoms with Crippen molar-refractivity contribution in [2.24, 2.45) is 0 Å². The maximum absolute atomic E-state index is 3.54. The van der Waals surface area contributed by atoms with Gasteiger partial charge in [-0.05, 0) is 50.5 Å². The Bertz CT molecular complexity index is 779. The highest BCUT2D eigenvalue weighted by Gasteiger charge is 2.26. The van der Waals surface area contributed by atoms with E-state index in [1.165, 1.54) is 47.6 Å². The Morgan fingerprint density at radius 2 is 1.64 bits per heavy atom. The zero-order chi connectivity index (χ0) is 16.5. The van der Waals surface area contributed by atoms with Crippen LogP contribution in [0.4, 0.5) is 0 Å². The summed E-state index contributed by atoms with van der Waals surface area (Å²) in [6.07, 6.45) is 7.31. The van der Waals surface area contributed by atoms with Crippen LogP contribution in [-0.2, 0) is 13.0 Å². The largest absolute Gasteiger partial charge is 1.00 e. The molecule has 0 fully saturated rings. The molecule has 4 heteroatoms. The zero-order valence-corrected chi connectivity index (χ0v) is 17.6. The Hall–Kier alpha value is -1.39. The maximum Gasteiger partial charge on any atom is 0.262 e. The van der Waals surface area contributed by atoms with E-state index in [0.717, 1.165) is 17.4 Å². The number of benzene rings is 2. The molecule has 130 valence electrons. The van der Waals surface area contributed by atoms with Crippen LogP contribution in [0.5, 0.6) is 0 Å². The molecule has 2 heterocycles. The highest BCUT2D eigenvalue weighted by atomic mass is 79.9. The van der Waals surface area contributed by atoms with Gasteiger partial charge in [-0.1, -0.05) is 45.8 Å². The molecule has 0 aliphatic carbocycles. The standard InChI is InChI=1S/C21H22BrN2.BrH/c1-16-6-8-17(9-7-16)20-15-24(19-12-10-18(22)11-13-19)21-5-3-2-4-14-23(20)21;/h6-13,15H,2-5,14H2,1H3;1H/q+1;/p-1. The molecule has 0 atom stereocenters. The van der Waals surface area contributed by atoms with E-state index < -0.39 is 0 Å². The summed E-state index contributed by atoms with van der Waals surface area (Å²) in [7, 11) is 0. The summed E-state index contributed by atoms with van der Waals surface area (Å²) in [6, 6.07) is 17.5. The van der Waals surface area contributed by atoms with Gasteiger partial charge in [0, 0.05) is 16.5 Å². The summed E-state index contributed by atoms with van der Waals surface area (Å²) < 4.78 is 6.03. The minimum Gasteiger partial charge on any atom is -1.00 e. The van der Waals surface area contributed by atoms with E-state index >= 15 is 0 Å². The van der Waals surface area contributed by atoms with Crippen LogP contribution in [-0.4, -0.2) is 4.57 Å². The highest BCUT2D eigenvalue weighted by Crippen LogP contribution is 2.24. The molecule has 0 unspecified atom stereocenters. The van der Waals surface area contributed by atoms with Crippen LogP contribution in [0.3, 0.4) is 0 Å². The molecule has 0 saturated carbocycles. The summed E-state index contributed by atoms with van der Waals surface area (Å²) in [6.45, 7) is 3.26. The number of fused-ring (bicyclic) bond motifs is 1. The van der Waals surface area contributed by atoms with E-state index in [4.69, 9.17) is 0 Å². The maximum atomic E-state index is 3.54. The number of nitrogens with zero attached hydrogens (tertiary/aromatic N) is 2. The molecule has 0 N–H and O–H groups in total. The Labute approximate surface area is 168 Å². The smallest absolute Gasteiger partial charge is 0.262 e. The lowest BCUT2D eigenvalue weighted by Gasteiger charge is -2.03. The van der Waals surface area contributed by atoms with Crippen molar-refractivity contribution in [3.8, 4) is 16.9 Å². The fourth-order valence-electron chi connectivity index (χ4n) is 3.55. The molecule has 1 aliphatic heterocycles. The average Bonchev–Trinajstić information content (AvgIpc) is 2.78. The Balaban J connectivity index is 0.00000182. The van der Waals surface area contributed by atoms with Crippen molar-refractivity contribution in [3.05, 3.63) is 70.6 Å². The SMILES string of the molecule is Cc1ccc(-c2cn(-c3ccc(Br)cc3)c3[n+]2CCCCC3)cc1.[Br-]. The number of aromatic nitrogens is 2. The van der Waals surface area contributed by atoms with E-state index in [-0.39, 0.29) is 17.0 Å². The van der Waals surface area contributed by atoms with Gasteiger partial charge < -0.3 is 17.0 Å². The predicted octanol–water partition coefficient (Wildman–Crippen LogP) is 2.23. The fraction of sp³-hybridized carbons (Fsp3) is 0.286. The normalized spacial score (nSPS) is 13.7. The van der Waals surface area contributed by atoms with Crippen LogP contribution in [0.15, 0.2) is 59.2 Å². The highest BCUT2D eigenvalue weighted by molar-refractivity contribution is 9.10. The van der Waals surface area contributed by atoms with Gasteiger partial charge in [-0.3, -0.25) is 0 Å². The fourth-order valence-corrected chi connectivity index (χ4v) is 3.81. The van der Waals surface area contributed by atoms with Gasteiger partial charge in [-0.25, -0.2) is 4.57 Å². The summed E-state index contributed by atoms with van der Waals surface area (Å²) in [4.78, 5) is 0. The van der Waals surface area contributed by atoms with E-state index in [1.807, 2.05) is 0 Å². The van der Waals surface area contributed by atoms with E-state index in [2.05, 4.69) is 86.7 Å². The molecule has 2 aromatic carbocycles. The van der Waals surface area contributed by atoms with E-state index in [0.29, 0.717) is 0 Å². The van der Waals surface area contributed by atoms with Crippen LogP contribution >= 0.6 is 15.9 Å². The van der Waals surface area contributed by atoms with Crippen LogP contribution in [0.1, 0.15) is 30.7 Å². The lowest BCUT2D eigenvalue weighted by molar-refractivity contribution is -0.692. The van der Waals surface area contributed by atoms with Crippen LogP contribution < -0.4 is 21.5 Å². The first-order valence-electron chi connectivity index (χ1n) is 8.69. The van der Waals surface area contributed by atoms with Crippen molar-refractivity contribution in [2.75, 3.05) is 0 Å². The van der Waals surface area contributed by atoms with Gasteiger partial charge in [0.2, 0.25) is 0 Å². The molecule has 4 rings (SSSR count). The number of halogens is 2. The molecule has 1 aliphatic rings. The molecule has 3 aromatic rings. The van der Waals surface area contributed by atoms with Gasteiger partial charge >= 0.3 is 0 Å². The van der Waals surface area contributed by atoms with Crippen LogP contribution in [0, 0.1) is 6.92 Å². The molecule has 0 spiro atoms. The predicted molar refractivity (Wildman–Crippen MR) is 101 cm³/mol.